The van der Waals surface area contributed by atoms with Gasteiger partial charge in [0.15, 0.2) is 18.2 Å². The molecule has 1 aromatic rings. The highest BCUT2D eigenvalue weighted by atomic mass is 19.1. The Hall–Kier alpha value is -1.65. The van der Waals surface area contributed by atoms with Crippen LogP contribution in [-0.4, -0.2) is 18.6 Å². The molecule has 1 aliphatic rings. The van der Waals surface area contributed by atoms with Gasteiger partial charge < -0.3 is 10.1 Å². The van der Waals surface area contributed by atoms with Crippen LogP contribution in [0.4, 0.5) is 8.78 Å². The van der Waals surface area contributed by atoms with Gasteiger partial charge in [0, 0.05) is 12.1 Å². The Kier molecular flexibility index (Phi) is 5.60. The minimum atomic E-state index is -0.803. The van der Waals surface area contributed by atoms with Crippen molar-refractivity contribution in [1.82, 2.24) is 5.32 Å². The molecule has 2 unspecified atom stereocenters. The van der Waals surface area contributed by atoms with Gasteiger partial charge in [0.2, 0.25) is 0 Å². The van der Waals surface area contributed by atoms with E-state index < -0.39 is 11.6 Å². The lowest BCUT2D eigenvalue weighted by Gasteiger charge is -2.40. The summed E-state index contributed by atoms with van der Waals surface area (Å²) >= 11 is 0. The second kappa shape index (κ2) is 7.28. The molecule has 1 amide bonds. The highest BCUT2D eigenvalue weighted by Gasteiger charge is 2.34. The van der Waals surface area contributed by atoms with Gasteiger partial charge in [-0.25, -0.2) is 8.78 Å². The van der Waals surface area contributed by atoms with Gasteiger partial charge in [-0.1, -0.05) is 33.6 Å². The fourth-order valence-electron chi connectivity index (χ4n) is 3.32. The first-order valence-electron chi connectivity index (χ1n) is 8.14. The zero-order valence-corrected chi connectivity index (χ0v) is 14.0. The van der Waals surface area contributed by atoms with Crippen LogP contribution in [-0.2, 0) is 4.79 Å². The number of nitrogens with one attached hydrogen (secondary N) is 1. The lowest BCUT2D eigenvalue weighted by atomic mass is 9.69. The number of ether oxygens (including phenoxy) is 1. The molecule has 5 heteroatoms. The van der Waals surface area contributed by atoms with Gasteiger partial charge in [-0.15, -0.1) is 0 Å². The van der Waals surface area contributed by atoms with Crippen molar-refractivity contribution >= 4 is 5.91 Å². The Balaban J connectivity index is 1.90. The van der Waals surface area contributed by atoms with E-state index in [1.165, 1.54) is 12.5 Å². The molecular weight excluding hydrogens is 300 g/mol. The monoisotopic (exact) mass is 325 g/mol. The van der Waals surface area contributed by atoms with E-state index in [1.807, 2.05) is 0 Å². The Bertz CT molecular complexity index is 554. The molecule has 1 aromatic carbocycles. The quantitative estimate of drug-likeness (QED) is 0.906. The zero-order valence-electron chi connectivity index (χ0n) is 14.0. The van der Waals surface area contributed by atoms with Crippen LogP contribution in [0.25, 0.3) is 0 Å². The molecule has 128 valence electrons. The number of hydrogen-bond donors (Lipinski definition) is 1. The molecule has 0 aromatic heterocycles. The molecule has 0 spiro atoms. The van der Waals surface area contributed by atoms with Crippen LogP contribution in [0.15, 0.2) is 18.2 Å². The van der Waals surface area contributed by atoms with Crippen molar-refractivity contribution < 1.29 is 18.3 Å². The van der Waals surface area contributed by atoms with Gasteiger partial charge in [-0.2, -0.15) is 0 Å². The first-order chi connectivity index (χ1) is 10.8. The first-order valence-corrected chi connectivity index (χ1v) is 8.14. The summed E-state index contributed by atoms with van der Waals surface area (Å²) in [6.07, 6.45) is 4.34. The lowest BCUT2D eigenvalue weighted by Crippen LogP contribution is -2.48. The van der Waals surface area contributed by atoms with Crippen molar-refractivity contribution in [3.05, 3.63) is 29.8 Å². The van der Waals surface area contributed by atoms with Crippen molar-refractivity contribution in [1.29, 1.82) is 0 Å². The standard InChI is InChI=1S/C18H25F2NO2/c1-18(2,3)13-6-4-5-7-15(13)21-17(22)11-23-16-9-8-12(19)10-14(16)20/h8-10,13,15H,4-7,11H2,1-3H3,(H,21,22). The Labute approximate surface area is 136 Å². The highest BCUT2D eigenvalue weighted by molar-refractivity contribution is 5.77. The fourth-order valence-corrected chi connectivity index (χ4v) is 3.32. The molecule has 0 saturated heterocycles. The number of amides is 1. The lowest BCUT2D eigenvalue weighted by molar-refractivity contribution is -0.124. The third-order valence-corrected chi connectivity index (χ3v) is 4.48. The minimum absolute atomic E-state index is 0.113. The van der Waals surface area contributed by atoms with E-state index in [2.05, 4.69) is 26.1 Å². The van der Waals surface area contributed by atoms with Crippen LogP contribution in [0.5, 0.6) is 5.75 Å². The predicted molar refractivity (Wildman–Crippen MR) is 85.2 cm³/mol. The molecule has 1 fully saturated rings. The molecule has 2 atom stereocenters. The van der Waals surface area contributed by atoms with E-state index >= 15 is 0 Å². The van der Waals surface area contributed by atoms with Gasteiger partial charge >= 0.3 is 0 Å². The van der Waals surface area contributed by atoms with E-state index in [0.717, 1.165) is 31.4 Å². The molecule has 0 radical (unpaired) electrons. The molecule has 1 N–H and O–H groups in total. The van der Waals surface area contributed by atoms with Crippen LogP contribution in [0.1, 0.15) is 46.5 Å². The second-order valence-electron chi connectivity index (χ2n) is 7.29. The number of hydrogen-bond acceptors (Lipinski definition) is 2. The molecular formula is C18H25F2NO2. The molecule has 23 heavy (non-hydrogen) atoms. The fraction of sp³-hybridized carbons (Fsp3) is 0.611. The highest BCUT2D eigenvalue weighted by Crippen LogP contribution is 2.37. The largest absolute Gasteiger partial charge is 0.481 e. The van der Waals surface area contributed by atoms with Crippen molar-refractivity contribution in [2.45, 2.75) is 52.5 Å². The summed E-state index contributed by atoms with van der Waals surface area (Å²) in [5.74, 6) is -1.44. The molecule has 0 bridgehead atoms. The van der Waals surface area contributed by atoms with Gasteiger partial charge in [-0.05, 0) is 36.3 Å². The summed E-state index contributed by atoms with van der Waals surface area (Å²) in [5, 5.41) is 3.02. The summed E-state index contributed by atoms with van der Waals surface area (Å²) in [7, 11) is 0. The Morgan fingerprint density at radius 2 is 1.96 bits per heavy atom. The summed E-state index contributed by atoms with van der Waals surface area (Å²) in [6, 6.07) is 3.16. The van der Waals surface area contributed by atoms with Gasteiger partial charge in [0.05, 0.1) is 0 Å². The Morgan fingerprint density at radius 1 is 1.26 bits per heavy atom. The topological polar surface area (TPSA) is 38.3 Å². The van der Waals surface area contributed by atoms with Gasteiger partial charge in [0.25, 0.3) is 5.91 Å². The van der Waals surface area contributed by atoms with Crippen LogP contribution >= 0.6 is 0 Å². The van der Waals surface area contributed by atoms with Crippen LogP contribution in [0, 0.1) is 23.0 Å². The molecule has 2 rings (SSSR count). The maximum Gasteiger partial charge on any atom is 0.258 e. The van der Waals surface area contributed by atoms with E-state index in [1.54, 1.807) is 0 Å². The van der Waals surface area contributed by atoms with Crippen LogP contribution in [0.3, 0.4) is 0 Å². The van der Waals surface area contributed by atoms with E-state index in [9.17, 15) is 13.6 Å². The summed E-state index contributed by atoms with van der Waals surface area (Å²) < 4.78 is 31.5. The predicted octanol–water partition coefficient (Wildman–Crippen LogP) is 4.06. The first kappa shape index (κ1) is 17.7. The maximum atomic E-state index is 13.5. The van der Waals surface area contributed by atoms with Crippen molar-refractivity contribution in [3.63, 3.8) is 0 Å². The average molecular weight is 325 g/mol. The van der Waals surface area contributed by atoms with E-state index in [-0.39, 0.29) is 29.7 Å². The summed E-state index contributed by atoms with van der Waals surface area (Å²) in [4.78, 5) is 12.1. The number of halogens is 2. The summed E-state index contributed by atoms with van der Waals surface area (Å²) in [6.45, 7) is 6.29. The van der Waals surface area contributed by atoms with Gasteiger partial charge in [-0.3, -0.25) is 4.79 Å². The van der Waals surface area contributed by atoms with Crippen LogP contribution < -0.4 is 10.1 Å². The van der Waals surface area contributed by atoms with Crippen molar-refractivity contribution in [2.24, 2.45) is 11.3 Å². The number of carbonyl (C=O) groups is 1. The third kappa shape index (κ3) is 4.91. The van der Waals surface area contributed by atoms with Crippen molar-refractivity contribution in [3.8, 4) is 5.75 Å². The van der Waals surface area contributed by atoms with E-state index in [0.29, 0.717) is 5.92 Å². The number of benzene rings is 1. The number of rotatable bonds is 4. The summed E-state index contributed by atoms with van der Waals surface area (Å²) in [5.41, 5.74) is 0.127. The molecule has 0 heterocycles. The van der Waals surface area contributed by atoms with Crippen LogP contribution in [0.2, 0.25) is 0 Å². The molecule has 3 nitrogen and oxygen atoms in total. The average Bonchev–Trinajstić information content (AvgIpc) is 2.46. The molecule has 0 aliphatic heterocycles. The molecule has 1 saturated carbocycles. The Morgan fingerprint density at radius 3 is 2.61 bits per heavy atom. The number of carbonyl (C=O) groups excluding carboxylic acids is 1. The second-order valence-corrected chi connectivity index (χ2v) is 7.29. The maximum absolute atomic E-state index is 13.5. The SMILES string of the molecule is CC(C)(C)C1CCCCC1NC(=O)COc1ccc(F)cc1F. The van der Waals surface area contributed by atoms with E-state index in [4.69, 9.17) is 4.74 Å². The zero-order chi connectivity index (χ0) is 17.0. The third-order valence-electron chi connectivity index (χ3n) is 4.48. The smallest absolute Gasteiger partial charge is 0.258 e. The normalized spacial score (nSPS) is 21.8. The minimum Gasteiger partial charge on any atom is -0.481 e. The van der Waals surface area contributed by atoms with Crippen molar-refractivity contribution in [2.75, 3.05) is 6.61 Å². The molecule has 1 aliphatic carbocycles. The van der Waals surface area contributed by atoms with Gasteiger partial charge in [0.1, 0.15) is 5.82 Å².